The summed E-state index contributed by atoms with van der Waals surface area (Å²) in [5.41, 5.74) is 5.94. The molecule has 25 heavy (non-hydrogen) atoms. The van der Waals surface area contributed by atoms with Crippen LogP contribution in [-0.2, 0) is 6.42 Å². The molecule has 0 spiro atoms. The van der Waals surface area contributed by atoms with E-state index in [1.54, 1.807) is 23.9 Å². The van der Waals surface area contributed by atoms with Crippen molar-refractivity contribution in [1.82, 2.24) is 20.3 Å². The zero-order valence-electron chi connectivity index (χ0n) is 14.9. The van der Waals surface area contributed by atoms with E-state index in [1.165, 1.54) is 0 Å². The maximum atomic E-state index is 11.6. The third-order valence-electron chi connectivity index (χ3n) is 4.05. The van der Waals surface area contributed by atoms with E-state index in [2.05, 4.69) is 21.9 Å². The van der Waals surface area contributed by atoms with E-state index in [-0.39, 0.29) is 5.69 Å². The van der Waals surface area contributed by atoms with Crippen molar-refractivity contribution in [2.24, 2.45) is 0 Å². The Balaban J connectivity index is 2.08. The standard InChI is InChI=1S/C19H24N4O2/c1-4-15(13-23(3)10-8-16-7-5-6-9-20-16)17-11-18(19(24)22-25)21-12-14(17)2/h4-7,9,11-12,25H,8,10,13H2,1-3H3,(H,22,24)/b15-4-. The molecule has 0 aliphatic heterocycles. The fraction of sp³-hybridized carbons (Fsp3) is 0.316. The summed E-state index contributed by atoms with van der Waals surface area (Å²) in [4.78, 5) is 22.2. The van der Waals surface area contributed by atoms with Gasteiger partial charge < -0.3 is 4.90 Å². The summed E-state index contributed by atoms with van der Waals surface area (Å²) in [5.74, 6) is -0.611. The van der Waals surface area contributed by atoms with Crippen LogP contribution in [0.4, 0.5) is 0 Å². The molecular weight excluding hydrogens is 316 g/mol. The molecule has 0 unspecified atom stereocenters. The molecular formula is C19H24N4O2. The van der Waals surface area contributed by atoms with Gasteiger partial charge in [0.1, 0.15) is 5.69 Å². The van der Waals surface area contributed by atoms with Crippen LogP contribution in [0.2, 0.25) is 0 Å². The largest absolute Gasteiger partial charge is 0.302 e. The Kier molecular flexibility index (Phi) is 6.80. The lowest BCUT2D eigenvalue weighted by molar-refractivity contribution is 0.0700. The van der Waals surface area contributed by atoms with Crippen molar-refractivity contribution >= 4 is 11.5 Å². The first-order chi connectivity index (χ1) is 12.0. The van der Waals surface area contributed by atoms with Crippen LogP contribution in [0, 0.1) is 6.92 Å². The maximum absolute atomic E-state index is 11.6. The molecule has 2 heterocycles. The number of likely N-dealkylation sites (N-methyl/N-ethyl adjacent to an activating group) is 1. The highest BCUT2D eigenvalue weighted by Gasteiger charge is 2.13. The molecule has 0 aromatic carbocycles. The zero-order chi connectivity index (χ0) is 18.2. The van der Waals surface area contributed by atoms with Crippen molar-refractivity contribution in [2.45, 2.75) is 20.3 Å². The molecule has 0 radical (unpaired) electrons. The lowest BCUT2D eigenvalue weighted by Crippen LogP contribution is -2.24. The highest BCUT2D eigenvalue weighted by Crippen LogP contribution is 2.20. The van der Waals surface area contributed by atoms with Crippen LogP contribution < -0.4 is 5.48 Å². The van der Waals surface area contributed by atoms with Gasteiger partial charge in [0.05, 0.1) is 0 Å². The number of hydrogen-bond acceptors (Lipinski definition) is 5. The molecule has 0 bridgehead atoms. The predicted molar refractivity (Wildman–Crippen MR) is 97.3 cm³/mol. The summed E-state index contributed by atoms with van der Waals surface area (Å²) in [7, 11) is 2.06. The molecule has 2 aromatic heterocycles. The van der Waals surface area contributed by atoms with E-state index in [9.17, 15) is 4.79 Å². The minimum absolute atomic E-state index is 0.193. The Morgan fingerprint density at radius 2 is 2.16 bits per heavy atom. The normalized spacial score (nSPS) is 11.6. The number of carbonyl (C=O) groups excluding carboxylic acids is 1. The molecule has 132 valence electrons. The number of hydroxylamine groups is 1. The topological polar surface area (TPSA) is 78.4 Å². The monoisotopic (exact) mass is 340 g/mol. The third-order valence-corrected chi connectivity index (χ3v) is 4.05. The van der Waals surface area contributed by atoms with E-state index in [0.29, 0.717) is 0 Å². The SMILES string of the molecule is C/C=C(/CN(C)CCc1ccccn1)c1cc(C(=O)NO)ncc1C. The molecule has 6 heteroatoms. The van der Waals surface area contributed by atoms with Gasteiger partial charge in [-0.25, -0.2) is 5.48 Å². The van der Waals surface area contributed by atoms with E-state index in [4.69, 9.17) is 5.21 Å². The van der Waals surface area contributed by atoms with Gasteiger partial charge in [0.15, 0.2) is 0 Å². The first kappa shape index (κ1) is 18.8. The molecule has 0 aliphatic carbocycles. The number of pyridine rings is 2. The molecule has 2 rings (SSSR count). The second kappa shape index (κ2) is 9.05. The van der Waals surface area contributed by atoms with Crippen LogP contribution in [0.1, 0.15) is 34.2 Å². The Morgan fingerprint density at radius 3 is 2.80 bits per heavy atom. The molecule has 2 aromatic rings. The van der Waals surface area contributed by atoms with Gasteiger partial charge in [-0.05, 0) is 55.8 Å². The van der Waals surface area contributed by atoms with Crippen molar-refractivity contribution in [1.29, 1.82) is 0 Å². The first-order valence-electron chi connectivity index (χ1n) is 8.20. The van der Waals surface area contributed by atoms with Crippen LogP contribution >= 0.6 is 0 Å². The number of nitrogens with zero attached hydrogens (tertiary/aromatic N) is 3. The number of rotatable bonds is 7. The summed E-state index contributed by atoms with van der Waals surface area (Å²) >= 11 is 0. The van der Waals surface area contributed by atoms with Gasteiger partial charge in [0, 0.05) is 37.6 Å². The van der Waals surface area contributed by atoms with E-state index in [1.807, 2.05) is 38.1 Å². The molecule has 0 saturated carbocycles. The van der Waals surface area contributed by atoms with Crippen molar-refractivity contribution in [3.63, 3.8) is 0 Å². The van der Waals surface area contributed by atoms with Crippen LogP contribution in [0.25, 0.3) is 5.57 Å². The van der Waals surface area contributed by atoms with Gasteiger partial charge in [0.2, 0.25) is 0 Å². The van der Waals surface area contributed by atoms with E-state index in [0.717, 1.165) is 41.9 Å². The summed E-state index contributed by atoms with van der Waals surface area (Å²) in [6.07, 6.45) is 6.38. The third kappa shape index (κ3) is 5.20. The highest BCUT2D eigenvalue weighted by molar-refractivity contribution is 5.92. The average molecular weight is 340 g/mol. The molecule has 1 amide bonds. The van der Waals surface area contributed by atoms with Crippen LogP contribution in [0.5, 0.6) is 0 Å². The smallest absolute Gasteiger partial charge is 0.293 e. The predicted octanol–water partition coefficient (Wildman–Crippen LogP) is 2.48. The molecule has 2 N–H and O–H groups in total. The quantitative estimate of drug-likeness (QED) is 0.598. The second-order valence-corrected chi connectivity index (χ2v) is 5.95. The Morgan fingerprint density at radius 1 is 1.36 bits per heavy atom. The van der Waals surface area contributed by atoms with Gasteiger partial charge in [-0.1, -0.05) is 12.1 Å². The number of aryl methyl sites for hydroxylation is 1. The molecule has 6 nitrogen and oxygen atoms in total. The number of carbonyl (C=O) groups is 1. The van der Waals surface area contributed by atoms with Crippen LogP contribution in [0.3, 0.4) is 0 Å². The van der Waals surface area contributed by atoms with Crippen molar-refractivity contribution in [3.8, 4) is 0 Å². The fourth-order valence-electron chi connectivity index (χ4n) is 2.60. The molecule has 0 atom stereocenters. The number of hydrogen-bond donors (Lipinski definition) is 2. The van der Waals surface area contributed by atoms with Gasteiger partial charge in [-0.3, -0.25) is 20.0 Å². The van der Waals surface area contributed by atoms with Crippen molar-refractivity contribution in [3.05, 3.63) is 65.2 Å². The van der Waals surface area contributed by atoms with Gasteiger partial charge in [-0.2, -0.15) is 0 Å². The van der Waals surface area contributed by atoms with Gasteiger partial charge in [0.25, 0.3) is 5.91 Å². The minimum Gasteiger partial charge on any atom is -0.302 e. The number of amides is 1. The molecule has 0 fully saturated rings. The summed E-state index contributed by atoms with van der Waals surface area (Å²) in [6.45, 7) is 5.56. The second-order valence-electron chi connectivity index (χ2n) is 5.95. The van der Waals surface area contributed by atoms with E-state index >= 15 is 0 Å². The summed E-state index contributed by atoms with van der Waals surface area (Å²) in [5, 5.41) is 8.80. The Hall–Kier alpha value is -2.57. The average Bonchev–Trinajstić information content (AvgIpc) is 2.65. The summed E-state index contributed by atoms with van der Waals surface area (Å²) in [6, 6.07) is 7.64. The van der Waals surface area contributed by atoms with Gasteiger partial charge >= 0.3 is 0 Å². The highest BCUT2D eigenvalue weighted by atomic mass is 16.5. The number of allylic oxidation sites excluding steroid dienone is 1. The van der Waals surface area contributed by atoms with Crippen LogP contribution in [0.15, 0.2) is 42.7 Å². The van der Waals surface area contributed by atoms with Crippen molar-refractivity contribution < 1.29 is 10.0 Å². The van der Waals surface area contributed by atoms with E-state index < -0.39 is 5.91 Å². The fourth-order valence-corrected chi connectivity index (χ4v) is 2.60. The van der Waals surface area contributed by atoms with Gasteiger partial charge in [-0.15, -0.1) is 0 Å². The maximum Gasteiger partial charge on any atom is 0.293 e. The molecule has 0 aliphatic rings. The molecule has 0 saturated heterocycles. The summed E-state index contributed by atoms with van der Waals surface area (Å²) < 4.78 is 0. The zero-order valence-corrected chi connectivity index (χ0v) is 14.9. The lowest BCUT2D eigenvalue weighted by Gasteiger charge is -2.20. The Bertz CT molecular complexity index is 744. The minimum atomic E-state index is -0.611. The number of aromatic nitrogens is 2. The first-order valence-corrected chi connectivity index (χ1v) is 8.20. The Labute approximate surface area is 148 Å². The van der Waals surface area contributed by atoms with Crippen LogP contribution in [-0.4, -0.2) is 46.1 Å². The number of nitrogens with one attached hydrogen (secondary N) is 1. The van der Waals surface area contributed by atoms with Crippen molar-refractivity contribution in [2.75, 3.05) is 20.1 Å². The lowest BCUT2D eigenvalue weighted by atomic mass is 10.0.